The Morgan fingerprint density at radius 1 is 1.47 bits per heavy atom. The van der Waals surface area contributed by atoms with Crippen LogP contribution < -0.4 is 5.73 Å². The van der Waals surface area contributed by atoms with Gasteiger partial charge in [-0.3, -0.25) is 0 Å². The summed E-state index contributed by atoms with van der Waals surface area (Å²) in [7, 11) is 0. The summed E-state index contributed by atoms with van der Waals surface area (Å²) in [6.07, 6.45) is 2.35. The Kier molecular flexibility index (Phi) is 3.91. The second-order valence-corrected chi connectivity index (χ2v) is 5.56. The first-order valence-corrected chi connectivity index (χ1v) is 6.70. The molecule has 0 spiro atoms. The van der Waals surface area contributed by atoms with E-state index in [2.05, 4.69) is 30.0 Å². The van der Waals surface area contributed by atoms with E-state index in [0.717, 1.165) is 18.8 Å². The molecule has 2 rings (SSSR count). The fourth-order valence-electron chi connectivity index (χ4n) is 1.74. The molecular weight excluding hydrogens is 232 g/mol. The fraction of sp³-hybridized carbons (Fsp3) is 0.500. The van der Waals surface area contributed by atoms with Gasteiger partial charge in [-0.05, 0) is 17.4 Å². The van der Waals surface area contributed by atoms with Gasteiger partial charge in [-0.2, -0.15) is 5.10 Å². The topological polar surface area (TPSA) is 56.7 Å². The lowest BCUT2D eigenvalue weighted by Crippen LogP contribution is -2.17. The predicted octanol–water partition coefficient (Wildman–Crippen LogP) is 2.24. The predicted molar refractivity (Wildman–Crippen MR) is 69.8 cm³/mol. The summed E-state index contributed by atoms with van der Waals surface area (Å²) in [5.41, 5.74) is 6.16. The molecule has 0 aliphatic rings. The number of nitrogens with zero attached hydrogens (tertiary/aromatic N) is 3. The number of hydrogen-bond donors (Lipinski definition) is 1. The molecule has 0 saturated heterocycles. The van der Waals surface area contributed by atoms with Crippen LogP contribution >= 0.6 is 11.3 Å². The average Bonchev–Trinajstić information content (AvgIpc) is 2.89. The minimum atomic E-state index is 0.0186. The van der Waals surface area contributed by atoms with Crippen LogP contribution in [0.15, 0.2) is 23.8 Å². The fourth-order valence-corrected chi connectivity index (χ4v) is 2.47. The molecule has 4 nitrogen and oxygen atoms in total. The van der Waals surface area contributed by atoms with Gasteiger partial charge in [-0.15, -0.1) is 11.3 Å². The molecule has 1 unspecified atom stereocenters. The van der Waals surface area contributed by atoms with Gasteiger partial charge >= 0.3 is 0 Å². The molecule has 0 aliphatic heterocycles. The molecule has 0 bridgehead atoms. The molecule has 0 aliphatic carbocycles. The van der Waals surface area contributed by atoms with Crippen LogP contribution in [0.4, 0.5) is 0 Å². The van der Waals surface area contributed by atoms with E-state index in [4.69, 9.17) is 5.73 Å². The molecule has 2 aromatic heterocycles. The molecule has 0 amide bonds. The van der Waals surface area contributed by atoms with Crippen LogP contribution in [-0.2, 0) is 13.0 Å². The first-order chi connectivity index (χ1) is 8.16. The maximum atomic E-state index is 6.16. The van der Waals surface area contributed by atoms with Crippen molar-refractivity contribution >= 4 is 11.3 Å². The van der Waals surface area contributed by atoms with Crippen LogP contribution in [0.2, 0.25) is 0 Å². The van der Waals surface area contributed by atoms with Gasteiger partial charge in [0.05, 0.1) is 0 Å². The molecule has 17 heavy (non-hydrogen) atoms. The van der Waals surface area contributed by atoms with E-state index in [-0.39, 0.29) is 6.04 Å². The van der Waals surface area contributed by atoms with E-state index >= 15 is 0 Å². The summed E-state index contributed by atoms with van der Waals surface area (Å²) in [5, 5.41) is 6.29. The number of aromatic nitrogens is 3. The van der Waals surface area contributed by atoms with E-state index < -0.39 is 0 Å². The van der Waals surface area contributed by atoms with E-state index in [9.17, 15) is 0 Å². The Balaban J connectivity index is 2.06. The molecular formula is C12H18N4S. The van der Waals surface area contributed by atoms with Crippen molar-refractivity contribution < 1.29 is 0 Å². The molecule has 0 radical (unpaired) electrons. The Labute approximate surface area is 105 Å². The second kappa shape index (κ2) is 5.42. The van der Waals surface area contributed by atoms with Gasteiger partial charge in [0, 0.05) is 23.9 Å². The Bertz CT molecular complexity index is 447. The zero-order valence-electron chi connectivity index (χ0n) is 10.2. The molecule has 0 fully saturated rings. The smallest absolute Gasteiger partial charge is 0.138 e. The van der Waals surface area contributed by atoms with Gasteiger partial charge in [0.1, 0.15) is 12.2 Å². The highest BCUT2D eigenvalue weighted by Gasteiger charge is 2.13. The van der Waals surface area contributed by atoms with Crippen molar-refractivity contribution in [2.24, 2.45) is 11.7 Å². The van der Waals surface area contributed by atoms with Gasteiger partial charge in [0.25, 0.3) is 0 Å². The molecule has 92 valence electrons. The highest BCUT2D eigenvalue weighted by molar-refractivity contribution is 7.10. The lowest BCUT2D eigenvalue weighted by molar-refractivity contribution is 0.460. The van der Waals surface area contributed by atoms with Gasteiger partial charge < -0.3 is 5.73 Å². The molecule has 2 heterocycles. The van der Waals surface area contributed by atoms with Crippen molar-refractivity contribution in [2.45, 2.75) is 32.9 Å². The van der Waals surface area contributed by atoms with Crippen molar-refractivity contribution in [2.75, 3.05) is 0 Å². The Morgan fingerprint density at radius 2 is 2.29 bits per heavy atom. The van der Waals surface area contributed by atoms with Crippen molar-refractivity contribution in [3.8, 4) is 0 Å². The lowest BCUT2D eigenvalue weighted by atomic mass is 10.1. The molecule has 5 heteroatoms. The third kappa shape index (κ3) is 3.14. The first kappa shape index (κ1) is 12.3. The molecule has 1 atom stereocenters. The summed E-state index contributed by atoms with van der Waals surface area (Å²) in [4.78, 5) is 5.49. The number of rotatable bonds is 5. The zero-order chi connectivity index (χ0) is 12.3. The normalized spacial score (nSPS) is 13.2. The van der Waals surface area contributed by atoms with Crippen LogP contribution in [0.3, 0.4) is 0 Å². The Hall–Kier alpha value is -1.20. The number of hydrogen-bond acceptors (Lipinski definition) is 4. The number of nitrogens with two attached hydrogens (primary N) is 1. The maximum Gasteiger partial charge on any atom is 0.138 e. The minimum Gasteiger partial charge on any atom is -0.323 e. The lowest BCUT2D eigenvalue weighted by Gasteiger charge is -2.11. The molecule has 2 aromatic rings. The van der Waals surface area contributed by atoms with Gasteiger partial charge in [0.15, 0.2) is 0 Å². The van der Waals surface area contributed by atoms with Crippen LogP contribution in [0.25, 0.3) is 0 Å². The monoisotopic (exact) mass is 250 g/mol. The second-order valence-electron chi connectivity index (χ2n) is 4.58. The standard InChI is InChI=1S/C12H18N4S/c1-9(2)7-16-12(14-8-15-16)6-10(13)11-4-3-5-17-11/h3-5,8-10H,6-7,13H2,1-2H3. The van der Waals surface area contributed by atoms with Crippen molar-refractivity contribution in [1.29, 1.82) is 0 Å². The van der Waals surface area contributed by atoms with Crippen molar-refractivity contribution in [3.05, 3.63) is 34.5 Å². The van der Waals surface area contributed by atoms with Gasteiger partial charge in [0.2, 0.25) is 0 Å². The van der Waals surface area contributed by atoms with Crippen LogP contribution in [-0.4, -0.2) is 14.8 Å². The average molecular weight is 250 g/mol. The van der Waals surface area contributed by atoms with E-state index in [1.54, 1.807) is 17.7 Å². The van der Waals surface area contributed by atoms with E-state index in [0.29, 0.717) is 5.92 Å². The summed E-state index contributed by atoms with van der Waals surface area (Å²) in [5.74, 6) is 1.54. The van der Waals surface area contributed by atoms with E-state index in [1.165, 1.54) is 4.88 Å². The minimum absolute atomic E-state index is 0.0186. The summed E-state index contributed by atoms with van der Waals surface area (Å²) < 4.78 is 1.96. The van der Waals surface area contributed by atoms with Crippen LogP contribution in [0.5, 0.6) is 0 Å². The van der Waals surface area contributed by atoms with Crippen molar-refractivity contribution in [1.82, 2.24) is 14.8 Å². The zero-order valence-corrected chi connectivity index (χ0v) is 11.0. The summed E-state index contributed by atoms with van der Waals surface area (Å²) in [6.45, 7) is 5.24. The highest BCUT2D eigenvalue weighted by Crippen LogP contribution is 2.19. The Morgan fingerprint density at radius 3 is 2.94 bits per heavy atom. The number of thiophene rings is 1. The van der Waals surface area contributed by atoms with Crippen LogP contribution in [0.1, 0.15) is 30.6 Å². The SMILES string of the molecule is CC(C)Cn1ncnc1CC(N)c1cccs1. The largest absolute Gasteiger partial charge is 0.323 e. The van der Waals surface area contributed by atoms with Crippen molar-refractivity contribution in [3.63, 3.8) is 0 Å². The van der Waals surface area contributed by atoms with Gasteiger partial charge in [-0.25, -0.2) is 9.67 Å². The molecule has 2 N–H and O–H groups in total. The van der Waals surface area contributed by atoms with Crippen LogP contribution in [0, 0.1) is 5.92 Å². The summed E-state index contributed by atoms with van der Waals surface area (Å²) in [6, 6.07) is 4.11. The van der Waals surface area contributed by atoms with Gasteiger partial charge in [-0.1, -0.05) is 19.9 Å². The third-order valence-corrected chi connectivity index (χ3v) is 3.55. The third-order valence-electron chi connectivity index (χ3n) is 2.54. The quantitative estimate of drug-likeness (QED) is 0.885. The molecule has 0 aromatic carbocycles. The highest BCUT2D eigenvalue weighted by atomic mass is 32.1. The van der Waals surface area contributed by atoms with E-state index in [1.807, 2.05) is 16.1 Å². The first-order valence-electron chi connectivity index (χ1n) is 5.82. The molecule has 0 saturated carbocycles. The maximum absolute atomic E-state index is 6.16. The summed E-state index contributed by atoms with van der Waals surface area (Å²) >= 11 is 1.69.